The van der Waals surface area contributed by atoms with Gasteiger partial charge in [0.15, 0.2) is 0 Å². The number of aliphatic carboxylic acids is 1. The molecule has 1 aliphatic rings. The third-order valence-electron chi connectivity index (χ3n) is 4.42. The Balaban J connectivity index is 2.07. The Hall–Kier alpha value is -2.36. The van der Waals surface area contributed by atoms with Crippen molar-refractivity contribution in [1.29, 1.82) is 5.26 Å². The number of ether oxygens (including phenoxy) is 1. The van der Waals surface area contributed by atoms with Gasteiger partial charge in [-0.3, -0.25) is 9.78 Å². The number of fused-ring (bicyclic) bond motifs is 1. The minimum atomic E-state index is -0.857. The summed E-state index contributed by atoms with van der Waals surface area (Å²) in [5, 5.41) is 20.1. The molecule has 2 heterocycles. The lowest BCUT2D eigenvalue weighted by molar-refractivity contribution is -0.147. The van der Waals surface area contributed by atoms with Crippen molar-refractivity contribution in [3.8, 4) is 6.07 Å². The van der Waals surface area contributed by atoms with Crippen molar-refractivity contribution in [2.24, 2.45) is 5.92 Å². The number of piperidine rings is 1. The van der Waals surface area contributed by atoms with Crippen LogP contribution in [0.15, 0.2) is 24.4 Å². The van der Waals surface area contributed by atoms with Crippen LogP contribution in [0.3, 0.4) is 0 Å². The van der Waals surface area contributed by atoms with E-state index in [1.165, 1.54) is 13.3 Å². The van der Waals surface area contributed by atoms with Gasteiger partial charge in [0.2, 0.25) is 0 Å². The number of nitriles is 1. The minimum Gasteiger partial charge on any atom is -0.481 e. The molecule has 0 bridgehead atoms. The molecule has 6 nitrogen and oxygen atoms in total. The maximum absolute atomic E-state index is 11.4. The van der Waals surface area contributed by atoms with Gasteiger partial charge in [-0.15, -0.1) is 0 Å². The number of carboxylic acids is 1. The highest BCUT2D eigenvalue weighted by molar-refractivity contribution is 6.31. The Bertz CT molecular complexity index is 834. The summed E-state index contributed by atoms with van der Waals surface area (Å²) in [6.07, 6.45) is 1.55. The van der Waals surface area contributed by atoms with Gasteiger partial charge in [0.1, 0.15) is 6.07 Å². The van der Waals surface area contributed by atoms with Gasteiger partial charge in [0.25, 0.3) is 0 Å². The van der Waals surface area contributed by atoms with Gasteiger partial charge in [-0.1, -0.05) is 11.6 Å². The van der Waals surface area contributed by atoms with Crippen LogP contribution < -0.4 is 4.90 Å². The Morgan fingerprint density at radius 3 is 3.00 bits per heavy atom. The molecule has 1 aromatic heterocycles. The van der Waals surface area contributed by atoms with Crippen molar-refractivity contribution in [3.05, 3.63) is 35.0 Å². The fourth-order valence-corrected chi connectivity index (χ4v) is 3.39. The molecule has 24 heavy (non-hydrogen) atoms. The molecule has 0 saturated carbocycles. The first-order chi connectivity index (χ1) is 11.5. The van der Waals surface area contributed by atoms with Gasteiger partial charge < -0.3 is 14.7 Å². The number of benzene rings is 1. The summed E-state index contributed by atoms with van der Waals surface area (Å²) in [5.41, 5.74) is 1.91. The number of aromatic nitrogens is 1. The van der Waals surface area contributed by atoms with Crippen molar-refractivity contribution < 1.29 is 14.6 Å². The summed E-state index contributed by atoms with van der Waals surface area (Å²) in [4.78, 5) is 17.7. The average molecular weight is 346 g/mol. The highest BCUT2D eigenvalue weighted by Gasteiger charge is 2.35. The first-order valence-corrected chi connectivity index (χ1v) is 7.92. The van der Waals surface area contributed by atoms with Crippen molar-refractivity contribution in [3.63, 3.8) is 0 Å². The summed E-state index contributed by atoms with van der Waals surface area (Å²) >= 11 is 6.11. The number of carboxylic acid groups (broad SMARTS) is 1. The molecule has 1 unspecified atom stereocenters. The van der Waals surface area contributed by atoms with Crippen molar-refractivity contribution in [2.75, 3.05) is 25.1 Å². The highest BCUT2D eigenvalue weighted by atomic mass is 35.5. The molecule has 0 spiro atoms. The third kappa shape index (κ3) is 2.88. The molecular formula is C17H16ClN3O3. The maximum Gasteiger partial charge on any atom is 0.309 e. The van der Waals surface area contributed by atoms with Crippen molar-refractivity contribution >= 4 is 34.2 Å². The van der Waals surface area contributed by atoms with Crippen molar-refractivity contribution in [2.45, 2.75) is 12.5 Å². The lowest BCUT2D eigenvalue weighted by atomic mass is 9.92. The van der Waals surface area contributed by atoms with Crippen LogP contribution in [0.1, 0.15) is 12.0 Å². The minimum absolute atomic E-state index is 0.397. The Labute approximate surface area is 144 Å². The van der Waals surface area contributed by atoms with E-state index in [4.69, 9.17) is 16.3 Å². The van der Waals surface area contributed by atoms with Crippen LogP contribution in [-0.2, 0) is 9.53 Å². The molecule has 1 N–H and O–H groups in total. The zero-order valence-corrected chi connectivity index (χ0v) is 13.8. The van der Waals surface area contributed by atoms with E-state index < -0.39 is 18.0 Å². The second kappa shape index (κ2) is 6.63. The zero-order chi connectivity index (χ0) is 17.3. The molecule has 0 aliphatic carbocycles. The maximum atomic E-state index is 11.4. The fourth-order valence-electron chi connectivity index (χ4n) is 3.21. The molecule has 7 heteroatoms. The number of hydrogen-bond acceptors (Lipinski definition) is 5. The number of halogens is 1. The van der Waals surface area contributed by atoms with Crippen LogP contribution in [0, 0.1) is 17.2 Å². The van der Waals surface area contributed by atoms with E-state index in [0.717, 1.165) is 16.6 Å². The molecule has 1 aromatic carbocycles. The van der Waals surface area contributed by atoms with E-state index in [-0.39, 0.29) is 0 Å². The van der Waals surface area contributed by atoms with Gasteiger partial charge in [0.05, 0.1) is 28.8 Å². The van der Waals surface area contributed by atoms with E-state index in [0.29, 0.717) is 30.1 Å². The van der Waals surface area contributed by atoms with Crippen LogP contribution in [0.4, 0.5) is 5.69 Å². The SMILES string of the molecule is COC1CN(c2c(C#N)cnc3ccc(Cl)cc23)CC[C@@H]1C(=O)O. The highest BCUT2D eigenvalue weighted by Crippen LogP contribution is 2.34. The molecule has 0 radical (unpaired) electrons. The first kappa shape index (κ1) is 16.5. The predicted octanol–water partition coefficient (Wildman–Crippen LogP) is 2.69. The molecule has 3 rings (SSSR count). The smallest absolute Gasteiger partial charge is 0.309 e. The predicted molar refractivity (Wildman–Crippen MR) is 90.2 cm³/mol. The quantitative estimate of drug-likeness (QED) is 0.920. The van der Waals surface area contributed by atoms with E-state index in [9.17, 15) is 15.2 Å². The van der Waals surface area contributed by atoms with Crippen molar-refractivity contribution in [1.82, 2.24) is 4.98 Å². The number of pyridine rings is 1. The standard InChI is InChI=1S/C17H16ClN3O3/c1-24-15-9-21(5-4-12(15)17(22)23)16-10(7-19)8-20-14-3-2-11(18)6-13(14)16/h2-3,6,8,12,15H,4-5,9H2,1H3,(H,22,23)/t12-,15?/m0/s1. The number of rotatable bonds is 3. The van der Waals surface area contributed by atoms with E-state index in [1.807, 2.05) is 4.90 Å². The van der Waals surface area contributed by atoms with Crippen LogP contribution in [-0.4, -0.2) is 42.4 Å². The molecule has 1 fully saturated rings. The van der Waals surface area contributed by atoms with Crippen LogP contribution in [0.2, 0.25) is 5.02 Å². The molecule has 2 aromatic rings. The first-order valence-electron chi connectivity index (χ1n) is 7.54. The zero-order valence-electron chi connectivity index (χ0n) is 13.1. The summed E-state index contributed by atoms with van der Waals surface area (Å²) < 4.78 is 5.38. The molecule has 2 atom stereocenters. The molecule has 1 saturated heterocycles. The summed E-state index contributed by atoms with van der Waals surface area (Å²) in [6.45, 7) is 0.922. The fraction of sp³-hybridized carbons (Fsp3) is 0.353. The summed E-state index contributed by atoms with van der Waals surface area (Å²) in [7, 11) is 1.51. The largest absolute Gasteiger partial charge is 0.481 e. The number of nitrogens with zero attached hydrogens (tertiary/aromatic N) is 3. The van der Waals surface area contributed by atoms with Gasteiger partial charge in [-0.2, -0.15) is 5.26 Å². The van der Waals surface area contributed by atoms with Gasteiger partial charge in [-0.05, 0) is 24.6 Å². The second-order valence-corrected chi connectivity index (χ2v) is 6.18. The number of carbonyl (C=O) groups is 1. The number of methoxy groups -OCH3 is 1. The summed E-state index contributed by atoms with van der Waals surface area (Å²) in [6, 6.07) is 7.51. The van der Waals surface area contributed by atoms with Crippen LogP contribution >= 0.6 is 11.6 Å². The monoisotopic (exact) mass is 345 g/mol. The molecular weight excluding hydrogens is 330 g/mol. The Kier molecular flexibility index (Phi) is 4.56. The lowest BCUT2D eigenvalue weighted by Crippen LogP contribution is -2.47. The van der Waals surface area contributed by atoms with E-state index in [2.05, 4.69) is 11.1 Å². The molecule has 0 amide bonds. The molecule has 124 valence electrons. The van der Waals surface area contributed by atoms with E-state index in [1.54, 1.807) is 18.2 Å². The van der Waals surface area contributed by atoms with E-state index >= 15 is 0 Å². The Morgan fingerprint density at radius 1 is 1.54 bits per heavy atom. The number of hydrogen-bond donors (Lipinski definition) is 1. The third-order valence-corrected chi connectivity index (χ3v) is 4.65. The average Bonchev–Trinajstić information content (AvgIpc) is 2.59. The summed E-state index contributed by atoms with van der Waals surface area (Å²) in [5.74, 6) is -1.40. The van der Waals surface area contributed by atoms with Crippen LogP contribution in [0.25, 0.3) is 10.9 Å². The topological polar surface area (TPSA) is 86.5 Å². The lowest BCUT2D eigenvalue weighted by Gasteiger charge is -2.38. The Morgan fingerprint density at radius 2 is 2.33 bits per heavy atom. The van der Waals surface area contributed by atoms with Gasteiger partial charge in [0, 0.05) is 36.8 Å². The van der Waals surface area contributed by atoms with Gasteiger partial charge >= 0.3 is 5.97 Å². The normalized spacial score (nSPS) is 20.8. The van der Waals surface area contributed by atoms with Gasteiger partial charge in [-0.25, -0.2) is 0 Å². The van der Waals surface area contributed by atoms with Crippen LogP contribution in [0.5, 0.6) is 0 Å². The number of anilines is 1. The second-order valence-electron chi connectivity index (χ2n) is 5.75. The molecule has 1 aliphatic heterocycles.